The normalized spacial score (nSPS) is 15.1. The molecule has 2 nitrogen and oxygen atoms in total. The van der Waals surface area contributed by atoms with Crippen molar-refractivity contribution in [2.45, 2.75) is 6.42 Å². The van der Waals surface area contributed by atoms with Crippen LogP contribution >= 0.6 is 11.8 Å². The molecule has 0 bridgehead atoms. The summed E-state index contributed by atoms with van der Waals surface area (Å²) in [6, 6.07) is 8.49. The molecule has 76 valence electrons. The topological polar surface area (TPSA) is 28.1 Å². The molecule has 2 aromatic rings. The lowest BCUT2D eigenvalue weighted by Crippen LogP contribution is -2.08. The summed E-state index contributed by atoms with van der Waals surface area (Å²) in [6.07, 6.45) is 3.14. The van der Waals surface area contributed by atoms with E-state index in [1.807, 2.05) is 0 Å². The van der Waals surface area contributed by atoms with Gasteiger partial charge < -0.3 is 4.98 Å². The van der Waals surface area contributed by atoms with Crippen molar-refractivity contribution in [2.24, 2.45) is 4.99 Å². The molecular weight excluding hydrogens is 204 g/mol. The zero-order chi connectivity index (χ0) is 10.3. The fourth-order valence-electron chi connectivity index (χ4n) is 2.16. The van der Waals surface area contributed by atoms with Crippen LogP contribution in [0.4, 0.5) is 0 Å². The predicted octanol–water partition coefficient (Wildman–Crippen LogP) is 2.83. The predicted molar refractivity (Wildman–Crippen MR) is 66.9 cm³/mol. The van der Waals surface area contributed by atoms with Gasteiger partial charge in [0, 0.05) is 17.4 Å². The van der Waals surface area contributed by atoms with Gasteiger partial charge in [0.15, 0.2) is 0 Å². The van der Waals surface area contributed by atoms with E-state index in [1.54, 1.807) is 11.8 Å². The molecule has 0 saturated carbocycles. The molecule has 1 aromatic carbocycles. The van der Waals surface area contributed by atoms with Crippen molar-refractivity contribution in [3.05, 3.63) is 35.5 Å². The third kappa shape index (κ3) is 1.30. The molecule has 1 aliphatic heterocycles. The van der Waals surface area contributed by atoms with E-state index in [2.05, 4.69) is 40.5 Å². The summed E-state index contributed by atoms with van der Waals surface area (Å²) in [5, 5.41) is 2.50. The molecule has 1 aliphatic rings. The van der Waals surface area contributed by atoms with E-state index in [4.69, 9.17) is 0 Å². The molecule has 15 heavy (non-hydrogen) atoms. The van der Waals surface area contributed by atoms with Crippen molar-refractivity contribution in [1.82, 2.24) is 4.98 Å². The molecule has 0 spiro atoms. The number of thioether (sulfide) groups is 1. The summed E-state index contributed by atoms with van der Waals surface area (Å²) in [5.74, 6) is 0. The first-order valence-electron chi connectivity index (χ1n) is 5.08. The maximum absolute atomic E-state index is 4.53. The number of para-hydroxylation sites is 1. The number of H-pyrrole nitrogens is 1. The number of hydrogen-bond acceptors (Lipinski definition) is 2. The van der Waals surface area contributed by atoms with Gasteiger partial charge in [-0.2, -0.15) is 0 Å². The number of benzene rings is 1. The SMILES string of the molecule is CSC1=NCCc2c1[nH]c1ccccc21. The van der Waals surface area contributed by atoms with Crippen LogP contribution in [-0.4, -0.2) is 22.8 Å². The summed E-state index contributed by atoms with van der Waals surface area (Å²) in [6.45, 7) is 0.922. The van der Waals surface area contributed by atoms with Crippen molar-refractivity contribution in [1.29, 1.82) is 0 Å². The smallest absolute Gasteiger partial charge is 0.114 e. The number of aromatic amines is 1. The maximum atomic E-state index is 4.53. The van der Waals surface area contributed by atoms with Crippen LogP contribution in [0, 0.1) is 0 Å². The van der Waals surface area contributed by atoms with Crippen LogP contribution in [0.15, 0.2) is 29.3 Å². The molecule has 0 aliphatic carbocycles. The molecule has 1 aromatic heterocycles. The largest absolute Gasteiger partial charge is 0.353 e. The van der Waals surface area contributed by atoms with E-state index in [0.29, 0.717) is 0 Å². The van der Waals surface area contributed by atoms with Crippen molar-refractivity contribution in [3.63, 3.8) is 0 Å². The Hall–Kier alpha value is -1.22. The van der Waals surface area contributed by atoms with Gasteiger partial charge in [-0.15, -0.1) is 11.8 Å². The molecule has 2 heterocycles. The number of nitrogens with one attached hydrogen (secondary N) is 1. The molecule has 0 amide bonds. The van der Waals surface area contributed by atoms with E-state index in [1.165, 1.54) is 22.2 Å². The third-order valence-corrected chi connectivity index (χ3v) is 3.56. The van der Waals surface area contributed by atoms with Crippen LogP contribution in [0.2, 0.25) is 0 Å². The Bertz CT molecular complexity index is 540. The van der Waals surface area contributed by atoms with Crippen LogP contribution in [-0.2, 0) is 6.42 Å². The third-order valence-electron chi connectivity index (χ3n) is 2.84. The van der Waals surface area contributed by atoms with E-state index < -0.39 is 0 Å². The average molecular weight is 216 g/mol. The number of fused-ring (bicyclic) bond motifs is 3. The molecule has 3 heteroatoms. The second kappa shape index (κ2) is 3.42. The van der Waals surface area contributed by atoms with Gasteiger partial charge in [0.1, 0.15) is 5.04 Å². The molecule has 3 rings (SSSR count). The average Bonchev–Trinajstić information content (AvgIpc) is 2.67. The Kier molecular flexibility index (Phi) is 2.06. The minimum Gasteiger partial charge on any atom is -0.353 e. The Labute approximate surface area is 92.8 Å². The number of aliphatic imine (C=N–C) groups is 1. The van der Waals surface area contributed by atoms with Gasteiger partial charge in [-0.05, 0) is 24.3 Å². The lowest BCUT2D eigenvalue weighted by molar-refractivity contribution is 0.955. The Morgan fingerprint density at radius 2 is 2.20 bits per heavy atom. The highest BCUT2D eigenvalue weighted by Gasteiger charge is 2.18. The van der Waals surface area contributed by atoms with Crippen molar-refractivity contribution in [2.75, 3.05) is 12.8 Å². The fraction of sp³-hybridized carbons (Fsp3) is 0.250. The second-order valence-corrected chi connectivity index (χ2v) is 4.46. The summed E-state index contributed by atoms with van der Waals surface area (Å²) in [4.78, 5) is 8.00. The van der Waals surface area contributed by atoms with Gasteiger partial charge in [0.2, 0.25) is 0 Å². The van der Waals surface area contributed by atoms with E-state index in [-0.39, 0.29) is 0 Å². The molecule has 0 radical (unpaired) electrons. The van der Waals surface area contributed by atoms with E-state index in [9.17, 15) is 0 Å². The first-order chi connectivity index (χ1) is 7.40. The van der Waals surface area contributed by atoms with Gasteiger partial charge in [-0.25, -0.2) is 0 Å². The van der Waals surface area contributed by atoms with Crippen LogP contribution in [0.25, 0.3) is 10.9 Å². The fourth-order valence-corrected chi connectivity index (χ4v) is 2.76. The van der Waals surface area contributed by atoms with Crippen molar-refractivity contribution in [3.8, 4) is 0 Å². The highest BCUT2D eigenvalue weighted by molar-refractivity contribution is 8.13. The van der Waals surface area contributed by atoms with E-state index in [0.717, 1.165) is 18.0 Å². The monoisotopic (exact) mass is 216 g/mol. The lowest BCUT2D eigenvalue weighted by Gasteiger charge is -2.10. The van der Waals surface area contributed by atoms with Crippen molar-refractivity contribution < 1.29 is 0 Å². The van der Waals surface area contributed by atoms with Crippen LogP contribution in [0.3, 0.4) is 0 Å². The van der Waals surface area contributed by atoms with Gasteiger partial charge in [0.25, 0.3) is 0 Å². The minimum atomic E-state index is 0.922. The Morgan fingerprint density at radius 1 is 1.33 bits per heavy atom. The molecule has 0 unspecified atom stereocenters. The summed E-state index contributed by atoms with van der Waals surface area (Å²) in [5.41, 5.74) is 3.89. The van der Waals surface area contributed by atoms with Gasteiger partial charge in [-0.1, -0.05) is 18.2 Å². The van der Waals surface area contributed by atoms with Crippen LogP contribution < -0.4 is 0 Å². The summed E-state index contributed by atoms with van der Waals surface area (Å²) >= 11 is 1.72. The zero-order valence-electron chi connectivity index (χ0n) is 8.58. The number of rotatable bonds is 0. The molecule has 0 fully saturated rings. The van der Waals surface area contributed by atoms with Gasteiger partial charge in [-0.3, -0.25) is 4.99 Å². The summed E-state index contributed by atoms with van der Waals surface area (Å²) in [7, 11) is 0. The van der Waals surface area contributed by atoms with Crippen LogP contribution in [0.1, 0.15) is 11.3 Å². The first-order valence-corrected chi connectivity index (χ1v) is 6.31. The first kappa shape index (κ1) is 9.04. The standard InChI is InChI=1S/C12H12N2S/c1-15-12-11-9(6-7-13-12)8-4-2-3-5-10(8)14-11/h2-5,14H,6-7H2,1H3. The number of hydrogen-bond donors (Lipinski definition) is 1. The lowest BCUT2D eigenvalue weighted by atomic mass is 10.1. The Morgan fingerprint density at radius 3 is 3.07 bits per heavy atom. The molecule has 1 N–H and O–H groups in total. The highest BCUT2D eigenvalue weighted by atomic mass is 32.2. The van der Waals surface area contributed by atoms with Gasteiger partial charge >= 0.3 is 0 Å². The second-order valence-electron chi connectivity index (χ2n) is 3.67. The van der Waals surface area contributed by atoms with Gasteiger partial charge in [0.05, 0.1) is 5.69 Å². The highest BCUT2D eigenvalue weighted by Crippen LogP contribution is 2.28. The minimum absolute atomic E-state index is 0.922. The quantitative estimate of drug-likeness (QED) is 0.720. The number of nitrogens with zero attached hydrogens (tertiary/aromatic N) is 1. The maximum Gasteiger partial charge on any atom is 0.114 e. The number of aromatic nitrogens is 1. The molecule has 0 atom stereocenters. The summed E-state index contributed by atoms with van der Waals surface area (Å²) < 4.78 is 0. The van der Waals surface area contributed by atoms with Crippen LogP contribution in [0.5, 0.6) is 0 Å². The van der Waals surface area contributed by atoms with E-state index >= 15 is 0 Å². The Balaban J connectivity index is 2.31. The molecule has 0 saturated heterocycles. The van der Waals surface area contributed by atoms with Crippen molar-refractivity contribution >= 4 is 27.7 Å². The molecular formula is C12H12N2S. The zero-order valence-corrected chi connectivity index (χ0v) is 9.40.